The van der Waals surface area contributed by atoms with Gasteiger partial charge in [-0.1, -0.05) is 33.2 Å². The lowest BCUT2D eigenvalue weighted by Gasteiger charge is -2.11. The van der Waals surface area contributed by atoms with Crippen LogP contribution in [-0.4, -0.2) is 11.0 Å². The van der Waals surface area contributed by atoms with Gasteiger partial charge in [0.1, 0.15) is 18.2 Å². The second-order valence-corrected chi connectivity index (χ2v) is 5.90. The van der Waals surface area contributed by atoms with Crippen LogP contribution in [0.2, 0.25) is 0 Å². The molecule has 21 heavy (non-hydrogen) atoms. The number of hydrogen-bond acceptors (Lipinski definition) is 3. The predicted molar refractivity (Wildman–Crippen MR) is 85.1 cm³/mol. The standard InChI is InChI=1S/C14H11Br2FN2O2/c15-9-4-5-12(11(16)6-9)21-7-8-2-1-3-10(13(8)17)14(18)19-20/h1-6,20H,7H2,(H2,18,19). The first kappa shape index (κ1) is 15.8. The van der Waals surface area contributed by atoms with E-state index in [4.69, 9.17) is 15.7 Å². The number of halogens is 3. The minimum atomic E-state index is -0.568. The number of ether oxygens (including phenoxy) is 1. The van der Waals surface area contributed by atoms with Gasteiger partial charge in [0.05, 0.1) is 10.0 Å². The molecule has 0 spiro atoms. The number of nitrogens with zero attached hydrogens (tertiary/aromatic N) is 1. The van der Waals surface area contributed by atoms with Crippen molar-refractivity contribution in [3.05, 3.63) is 62.3 Å². The normalized spacial score (nSPS) is 11.5. The Hall–Kier alpha value is -1.60. The van der Waals surface area contributed by atoms with E-state index in [1.807, 2.05) is 12.1 Å². The molecule has 0 heterocycles. The summed E-state index contributed by atoms with van der Waals surface area (Å²) in [7, 11) is 0. The van der Waals surface area contributed by atoms with Crippen molar-refractivity contribution < 1.29 is 14.3 Å². The molecular formula is C14H11Br2FN2O2. The van der Waals surface area contributed by atoms with Gasteiger partial charge >= 0.3 is 0 Å². The molecule has 110 valence electrons. The number of hydrogen-bond donors (Lipinski definition) is 2. The molecule has 2 rings (SSSR count). The summed E-state index contributed by atoms with van der Waals surface area (Å²) in [5, 5.41) is 11.4. The summed E-state index contributed by atoms with van der Waals surface area (Å²) < 4.78 is 21.4. The van der Waals surface area contributed by atoms with E-state index < -0.39 is 5.82 Å². The largest absolute Gasteiger partial charge is 0.488 e. The molecule has 2 aromatic rings. The van der Waals surface area contributed by atoms with Gasteiger partial charge in [-0.3, -0.25) is 0 Å². The van der Waals surface area contributed by atoms with Gasteiger partial charge in [0.15, 0.2) is 5.84 Å². The molecule has 0 unspecified atom stereocenters. The Labute approximate surface area is 137 Å². The fraction of sp³-hybridized carbons (Fsp3) is 0.0714. The Morgan fingerprint density at radius 3 is 2.71 bits per heavy atom. The number of rotatable bonds is 4. The van der Waals surface area contributed by atoms with Crippen molar-refractivity contribution in [2.45, 2.75) is 6.61 Å². The summed E-state index contributed by atoms with van der Waals surface area (Å²) >= 11 is 6.71. The quantitative estimate of drug-likeness (QED) is 0.341. The molecule has 0 amide bonds. The van der Waals surface area contributed by atoms with Crippen LogP contribution in [0, 0.1) is 5.82 Å². The van der Waals surface area contributed by atoms with Crippen molar-refractivity contribution in [3.8, 4) is 5.75 Å². The molecule has 4 nitrogen and oxygen atoms in total. The second kappa shape index (κ2) is 6.91. The lowest BCUT2D eigenvalue weighted by Crippen LogP contribution is -2.16. The van der Waals surface area contributed by atoms with Crippen LogP contribution >= 0.6 is 31.9 Å². The molecule has 0 aromatic heterocycles. The highest BCUT2D eigenvalue weighted by Crippen LogP contribution is 2.29. The molecule has 0 fully saturated rings. The van der Waals surface area contributed by atoms with Gasteiger partial charge in [-0.2, -0.15) is 0 Å². The zero-order valence-corrected chi connectivity index (χ0v) is 13.9. The third-order valence-electron chi connectivity index (χ3n) is 2.74. The Kier molecular flexibility index (Phi) is 5.19. The van der Waals surface area contributed by atoms with Gasteiger partial charge in [-0.25, -0.2) is 4.39 Å². The first-order valence-electron chi connectivity index (χ1n) is 5.86. The summed E-state index contributed by atoms with van der Waals surface area (Å²) in [6.45, 7) is 0.0264. The fourth-order valence-electron chi connectivity index (χ4n) is 1.69. The summed E-state index contributed by atoms with van der Waals surface area (Å²) in [6, 6.07) is 10.0. The third-order valence-corrected chi connectivity index (χ3v) is 3.85. The van der Waals surface area contributed by atoms with Crippen molar-refractivity contribution in [2.24, 2.45) is 10.9 Å². The van der Waals surface area contributed by atoms with E-state index in [-0.39, 0.29) is 18.0 Å². The number of nitrogens with two attached hydrogens (primary N) is 1. The van der Waals surface area contributed by atoms with E-state index in [0.29, 0.717) is 11.3 Å². The van der Waals surface area contributed by atoms with Crippen molar-refractivity contribution in [1.29, 1.82) is 0 Å². The van der Waals surface area contributed by atoms with Gasteiger partial charge in [0.2, 0.25) is 0 Å². The van der Waals surface area contributed by atoms with Gasteiger partial charge < -0.3 is 15.7 Å². The maximum absolute atomic E-state index is 14.2. The van der Waals surface area contributed by atoms with Crippen LogP contribution in [-0.2, 0) is 6.61 Å². The van der Waals surface area contributed by atoms with Crippen LogP contribution in [0.4, 0.5) is 4.39 Å². The van der Waals surface area contributed by atoms with E-state index in [0.717, 1.165) is 8.95 Å². The van der Waals surface area contributed by atoms with E-state index in [9.17, 15) is 4.39 Å². The van der Waals surface area contributed by atoms with Gasteiger partial charge in [0, 0.05) is 10.0 Å². The summed E-state index contributed by atoms with van der Waals surface area (Å²) in [5.41, 5.74) is 5.77. The summed E-state index contributed by atoms with van der Waals surface area (Å²) in [6.07, 6.45) is 0. The first-order valence-corrected chi connectivity index (χ1v) is 7.44. The van der Waals surface area contributed by atoms with Crippen LogP contribution in [0.25, 0.3) is 0 Å². The van der Waals surface area contributed by atoms with Crippen LogP contribution in [0.15, 0.2) is 50.5 Å². The average Bonchev–Trinajstić information content (AvgIpc) is 2.47. The molecule has 0 saturated carbocycles. The van der Waals surface area contributed by atoms with Crippen molar-refractivity contribution in [2.75, 3.05) is 0 Å². The zero-order chi connectivity index (χ0) is 15.4. The zero-order valence-electron chi connectivity index (χ0n) is 10.7. The van der Waals surface area contributed by atoms with Gasteiger partial charge in [0.25, 0.3) is 0 Å². The molecule has 3 N–H and O–H groups in total. The topological polar surface area (TPSA) is 67.8 Å². The molecule has 7 heteroatoms. The SMILES string of the molecule is N/C(=N/O)c1cccc(COc2ccc(Br)cc2Br)c1F. The highest BCUT2D eigenvalue weighted by molar-refractivity contribution is 9.11. The molecule has 0 atom stereocenters. The van der Waals surface area contributed by atoms with E-state index in [2.05, 4.69) is 37.0 Å². The molecule has 0 bridgehead atoms. The van der Waals surface area contributed by atoms with E-state index in [1.165, 1.54) is 6.07 Å². The minimum absolute atomic E-state index is 0.0264. The Morgan fingerprint density at radius 2 is 2.05 bits per heavy atom. The highest BCUT2D eigenvalue weighted by Gasteiger charge is 2.12. The maximum atomic E-state index is 14.2. The minimum Gasteiger partial charge on any atom is -0.488 e. The van der Waals surface area contributed by atoms with Crippen LogP contribution in [0.3, 0.4) is 0 Å². The molecular weight excluding hydrogens is 407 g/mol. The molecule has 0 radical (unpaired) electrons. The van der Waals surface area contributed by atoms with Gasteiger partial charge in [-0.15, -0.1) is 0 Å². The van der Waals surface area contributed by atoms with Crippen LogP contribution in [0.5, 0.6) is 5.75 Å². The smallest absolute Gasteiger partial charge is 0.173 e. The van der Waals surface area contributed by atoms with Crippen LogP contribution in [0.1, 0.15) is 11.1 Å². The summed E-state index contributed by atoms with van der Waals surface area (Å²) in [4.78, 5) is 0. The molecule has 0 saturated heterocycles. The second-order valence-electron chi connectivity index (χ2n) is 4.13. The first-order chi connectivity index (χ1) is 10.0. The van der Waals surface area contributed by atoms with E-state index in [1.54, 1.807) is 18.2 Å². The maximum Gasteiger partial charge on any atom is 0.173 e. The lowest BCUT2D eigenvalue weighted by molar-refractivity contribution is 0.297. The number of amidine groups is 1. The molecule has 0 aliphatic rings. The van der Waals surface area contributed by atoms with Crippen molar-refractivity contribution in [1.82, 2.24) is 0 Å². The molecule has 2 aromatic carbocycles. The van der Waals surface area contributed by atoms with Gasteiger partial charge in [-0.05, 0) is 40.2 Å². The monoisotopic (exact) mass is 416 g/mol. The lowest BCUT2D eigenvalue weighted by atomic mass is 10.1. The molecule has 0 aliphatic carbocycles. The van der Waals surface area contributed by atoms with Crippen LogP contribution < -0.4 is 10.5 Å². The van der Waals surface area contributed by atoms with Crippen molar-refractivity contribution in [3.63, 3.8) is 0 Å². The number of oxime groups is 1. The predicted octanol–water partition coefficient (Wildman–Crippen LogP) is 4.02. The Balaban J connectivity index is 2.21. The highest BCUT2D eigenvalue weighted by atomic mass is 79.9. The summed E-state index contributed by atoms with van der Waals surface area (Å²) in [5.74, 6) is -0.257. The fourth-order valence-corrected chi connectivity index (χ4v) is 2.85. The molecule has 0 aliphatic heterocycles. The van der Waals surface area contributed by atoms with E-state index >= 15 is 0 Å². The average molecular weight is 418 g/mol. The van der Waals surface area contributed by atoms with Crippen molar-refractivity contribution >= 4 is 37.7 Å². The third kappa shape index (κ3) is 3.74. The number of benzene rings is 2. The Bertz CT molecular complexity index is 693. The Morgan fingerprint density at radius 1 is 1.29 bits per heavy atom.